The maximum absolute atomic E-state index is 8.22. The van der Waals surface area contributed by atoms with E-state index in [0.29, 0.717) is 28.7 Å². The molecule has 6 heteroatoms. The van der Waals surface area contributed by atoms with Crippen molar-refractivity contribution in [1.82, 2.24) is 9.97 Å². The monoisotopic (exact) mass is 722 g/mol. The van der Waals surface area contributed by atoms with Crippen LogP contribution in [-0.4, -0.2) is 18.0 Å². The molecular weight excluding hydrogens is 689 g/mol. The van der Waals surface area contributed by atoms with E-state index in [2.05, 4.69) is 53.9 Å². The van der Waals surface area contributed by atoms with Gasteiger partial charge in [0.25, 0.3) is 0 Å². The fourth-order valence-electron chi connectivity index (χ4n) is 4.11. The maximum Gasteiger partial charge on any atom is 0.166 e. The van der Waals surface area contributed by atoms with E-state index in [9.17, 15) is 0 Å². The molecule has 0 spiro atoms. The van der Waals surface area contributed by atoms with Crippen molar-refractivity contribution in [2.24, 2.45) is 0 Å². The molecule has 0 saturated carbocycles. The topological polar surface area (TPSA) is 44.2 Å². The Kier molecular flexibility index (Phi) is 8.90. The van der Waals surface area contributed by atoms with E-state index in [4.69, 9.17) is 10.8 Å². The van der Waals surface area contributed by atoms with Gasteiger partial charge in [0.05, 0.1) is 19.6 Å². The van der Waals surface area contributed by atoms with Crippen molar-refractivity contribution in [3.63, 3.8) is 0 Å². The second kappa shape index (κ2) is 12.7. The number of para-hydroxylation sites is 2. The minimum absolute atomic E-state index is 0. The van der Waals surface area contributed by atoms with Gasteiger partial charge in [0.2, 0.25) is 0 Å². The van der Waals surface area contributed by atoms with Crippen molar-refractivity contribution in [1.29, 1.82) is 0 Å². The Morgan fingerprint density at radius 2 is 1.52 bits per heavy atom. The van der Waals surface area contributed by atoms with Gasteiger partial charge in [0.15, 0.2) is 11.5 Å². The number of fused-ring (bicyclic) bond motifs is 2. The standard InChI is InChI=1S/C20H16NO2.C14H16NSi.Ir/c1-13(2)14-10-11-21-16(12-14)15-6-5-9-19-20(15)23-18-8-4-3-7-17(18)22-19;1-16(2,3)13-9-10-14(15-11-13)12-7-5-4-6-8-12;/h3-5,7-13H,1-2H3;4-7,9-11H,1-3H3;/q2*-1;/i13D;;. The second-order valence-corrected chi connectivity index (χ2v) is 15.7. The molecule has 0 atom stereocenters. The number of nitrogens with zero attached hydrogens (tertiary/aromatic N) is 2. The average Bonchev–Trinajstić information content (AvgIpc) is 2.96. The van der Waals surface area contributed by atoms with Crippen LogP contribution >= 0.6 is 0 Å². The van der Waals surface area contributed by atoms with Crippen LogP contribution in [0.15, 0.2) is 97.3 Å². The summed E-state index contributed by atoms with van der Waals surface area (Å²) in [5.41, 5.74) is 4.39. The molecule has 1 radical (unpaired) electrons. The van der Waals surface area contributed by atoms with Gasteiger partial charge in [0.1, 0.15) is 0 Å². The molecule has 0 bridgehead atoms. The van der Waals surface area contributed by atoms with E-state index < -0.39 is 14.0 Å². The van der Waals surface area contributed by atoms with E-state index in [1.165, 1.54) is 5.19 Å². The van der Waals surface area contributed by atoms with Gasteiger partial charge in [-0.2, -0.15) is 0 Å². The molecule has 6 rings (SSSR count). The third-order valence-corrected chi connectivity index (χ3v) is 8.43. The van der Waals surface area contributed by atoms with Crippen LogP contribution in [0.1, 0.15) is 26.7 Å². The third kappa shape index (κ3) is 6.76. The molecule has 1 aliphatic rings. The summed E-state index contributed by atoms with van der Waals surface area (Å²) in [4.78, 5) is 8.96. The van der Waals surface area contributed by atoms with Crippen LogP contribution < -0.4 is 14.7 Å². The second-order valence-electron chi connectivity index (χ2n) is 10.6. The van der Waals surface area contributed by atoms with Crippen molar-refractivity contribution >= 4 is 13.3 Å². The van der Waals surface area contributed by atoms with Gasteiger partial charge in [-0.15, -0.1) is 48.0 Å². The van der Waals surface area contributed by atoms with Crippen molar-refractivity contribution < 1.29 is 30.9 Å². The zero-order chi connectivity index (χ0) is 28.3. The van der Waals surface area contributed by atoms with Gasteiger partial charge >= 0.3 is 0 Å². The molecule has 0 unspecified atom stereocenters. The quantitative estimate of drug-likeness (QED) is 0.135. The molecule has 0 amide bonds. The maximum atomic E-state index is 8.22. The molecule has 5 aromatic rings. The largest absolute Gasteiger partial charge is 0.494 e. The van der Waals surface area contributed by atoms with Gasteiger partial charge in [0, 0.05) is 33.9 Å². The van der Waals surface area contributed by atoms with Crippen molar-refractivity contribution in [2.45, 2.75) is 39.4 Å². The summed E-state index contributed by atoms with van der Waals surface area (Å²) in [6.45, 7) is 10.7. The molecule has 2 aromatic heterocycles. The molecule has 0 saturated heterocycles. The van der Waals surface area contributed by atoms with Crippen molar-refractivity contribution in [2.75, 3.05) is 0 Å². The molecule has 205 valence electrons. The molecular formula is C34H32IrN2O2Si-2. The Bertz CT molecular complexity index is 1620. The smallest absolute Gasteiger partial charge is 0.166 e. The fraction of sp³-hybridized carbons (Fsp3) is 0.176. The first-order valence-electron chi connectivity index (χ1n) is 13.5. The summed E-state index contributed by atoms with van der Waals surface area (Å²) in [6.07, 6.45) is 3.73. The van der Waals surface area contributed by atoms with Crippen LogP contribution in [0.3, 0.4) is 0 Å². The minimum Gasteiger partial charge on any atom is -0.494 e. The minimum atomic E-state index is -1.23. The van der Waals surface area contributed by atoms with E-state index in [1.807, 2.05) is 86.8 Å². The number of rotatable bonds is 4. The molecule has 4 nitrogen and oxygen atoms in total. The first kappa shape index (κ1) is 28.0. The van der Waals surface area contributed by atoms with Crippen LogP contribution in [0.4, 0.5) is 0 Å². The van der Waals surface area contributed by atoms with Crippen LogP contribution in [0.2, 0.25) is 19.6 Å². The van der Waals surface area contributed by atoms with Crippen LogP contribution in [0, 0.1) is 12.1 Å². The van der Waals surface area contributed by atoms with Gasteiger partial charge in [-0.1, -0.05) is 81.0 Å². The zero-order valence-electron chi connectivity index (χ0n) is 24.3. The van der Waals surface area contributed by atoms with E-state index in [1.54, 1.807) is 12.3 Å². The van der Waals surface area contributed by atoms with Crippen LogP contribution in [0.5, 0.6) is 23.0 Å². The number of hydrogen-bond donors (Lipinski definition) is 0. The Morgan fingerprint density at radius 1 is 0.775 bits per heavy atom. The summed E-state index contributed by atoms with van der Waals surface area (Å²) in [6, 6.07) is 33.6. The molecule has 40 heavy (non-hydrogen) atoms. The van der Waals surface area contributed by atoms with Gasteiger partial charge in [-0.05, 0) is 40.7 Å². The number of pyridine rings is 2. The summed E-state index contributed by atoms with van der Waals surface area (Å²) < 4.78 is 20.2. The van der Waals surface area contributed by atoms with Crippen molar-refractivity contribution in [3.05, 3.63) is 115 Å². The Labute approximate surface area is 253 Å². The van der Waals surface area contributed by atoms with Gasteiger partial charge in [-0.25, -0.2) is 0 Å². The molecule has 0 fully saturated rings. The first-order valence-corrected chi connectivity index (χ1v) is 16.5. The van der Waals surface area contributed by atoms with Crippen molar-refractivity contribution in [3.8, 4) is 45.5 Å². The summed E-state index contributed by atoms with van der Waals surface area (Å²) >= 11 is 0. The average molecular weight is 722 g/mol. The predicted molar refractivity (Wildman–Crippen MR) is 161 cm³/mol. The number of ether oxygens (including phenoxy) is 2. The van der Waals surface area contributed by atoms with Crippen LogP contribution in [-0.2, 0) is 20.1 Å². The molecule has 1 aliphatic heterocycles. The Morgan fingerprint density at radius 3 is 2.17 bits per heavy atom. The third-order valence-electron chi connectivity index (χ3n) is 6.40. The van der Waals surface area contributed by atoms with Gasteiger partial charge in [-0.3, -0.25) is 0 Å². The van der Waals surface area contributed by atoms with E-state index >= 15 is 0 Å². The zero-order valence-corrected chi connectivity index (χ0v) is 26.7. The Balaban J connectivity index is 0.000000200. The van der Waals surface area contributed by atoms with Crippen LogP contribution in [0.25, 0.3) is 22.5 Å². The molecule has 3 heterocycles. The number of hydrogen-bond acceptors (Lipinski definition) is 4. The predicted octanol–water partition coefficient (Wildman–Crippen LogP) is 8.66. The molecule has 3 aromatic carbocycles. The van der Waals surface area contributed by atoms with E-state index in [-0.39, 0.29) is 20.1 Å². The number of aromatic nitrogens is 2. The molecule has 0 N–H and O–H groups in total. The number of benzene rings is 3. The summed E-state index contributed by atoms with van der Waals surface area (Å²) in [5, 5.41) is 1.40. The fourth-order valence-corrected chi connectivity index (χ4v) is 5.15. The summed E-state index contributed by atoms with van der Waals surface area (Å²) in [7, 11) is -1.23. The molecule has 0 aliphatic carbocycles. The normalized spacial score (nSPS) is 12.2. The van der Waals surface area contributed by atoms with Gasteiger partial charge < -0.3 is 19.4 Å². The van der Waals surface area contributed by atoms with E-state index in [0.717, 1.165) is 22.4 Å². The summed E-state index contributed by atoms with van der Waals surface area (Å²) in [5.74, 6) is 1.90. The SMILES string of the molecule is C[Si](C)(C)c1ccc(-c2[c-]cccc2)nc1.[2H]C(C)(C)c1ccnc(-c2[c-]ccc3c2Oc2ccccc2O3)c1.[Ir]. The first-order chi connectivity index (χ1) is 19.1. The Hall–Kier alpha value is -3.57.